The maximum absolute atomic E-state index is 2.57. The van der Waals surface area contributed by atoms with Crippen LogP contribution < -0.4 is 0 Å². The lowest BCUT2D eigenvalue weighted by molar-refractivity contribution is 0.0828. The van der Waals surface area contributed by atoms with E-state index in [0.717, 1.165) is 17.8 Å². The van der Waals surface area contributed by atoms with Gasteiger partial charge in [0, 0.05) is 0 Å². The summed E-state index contributed by atoms with van der Waals surface area (Å²) in [4.78, 5) is 0. The number of hydrogen-bond acceptors (Lipinski definition) is 0. The molecule has 0 aromatic heterocycles. The molecule has 0 nitrogen and oxygen atoms in total. The molecule has 0 N–H and O–H groups in total. The lowest BCUT2D eigenvalue weighted by atomic mass is 9.57. The van der Waals surface area contributed by atoms with Crippen molar-refractivity contribution in [1.82, 2.24) is 0 Å². The molecule has 1 rings (SSSR count). The predicted octanol–water partition coefficient (Wildman–Crippen LogP) is 5.54. The van der Waals surface area contributed by atoms with Gasteiger partial charge in [-0.25, -0.2) is 0 Å². The molecule has 0 fully saturated rings. The zero-order chi connectivity index (χ0) is 13.6. The van der Waals surface area contributed by atoms with Crippen LogP contribution in [0.3, 0.4) is 0 Å². The second kappa shape index (κ2) is 4.44. The molecule has 17 heavy (non-hydrogen) atoms. The van der Waals surface area contributed by atoms with Crippen LogP contribution in [0.15, 0.2) is 11.6 Å². The Morgan fingerprint density at radius 1 is 0.882 bits per heavy atom. The molecule has 0 heterocycles. The van der Waals surface area contributed by atoms with Crippen LogP contribution in [0.5, 0.6) is 0 Å². The van der Waals surface area contributed by atoms with Crippen LogP contribution >= 0.6 is 0 Å². The zero-order valence-electron chi connectivity index (χ0n) is 13.4. The fourth-order valence-electron chi connectivity index (χ4n) is 4.12. The van der Waals surface area contributed by atoms with Crippen LogP contribution in [-0.2, 0) is 0 Å². The van der Waals surface area contributed by atoms with Gasteiger partial charge in [0.1, 0.15) is 0 Å². The molecule has 0 aromatic carbocycles. The van der Waals surface area contributed by atoms with Gasteiger partial charge in [-0.1, -0.05) is 74.0 Å². The van der Waals surface area contributed by atoms with E-state index in [0.29, 0.717) is 16.7 Å². The lowest BCUT2D eigenvalue weighted by Crippen LogP contribution is -2.40. The normalized spacial score (nSPS) is 35.7. The Labute approximate surface area is 109 Å². The van der Waals surface area contributed by atoms with Crippen LogP contribution in [0.25, 0.3) is 0 Å². The van der Waals surface area contributed by atoms with Gasteiger partial charge in [-0.05, 0) is 34.5 Å². The van der Waals surface area contributed by atoms with Crippen molar-refractivity contribution in [2.24, 2.45) is 34.5 Å². The van der Waals surface area contributed by atoms with E-state index < -0.39 is 0 Å². The summed E-state index contributed by atoms with van der Waals surface area (Å²) in [5, 5.41) is 0. The lowest BCUT2D eigenvalue weighted by Gasteiger charge is -2.48. The Morgan fingerprint density at radius 2 is 1.35 bits per heavy atom. The smallest absolute Gasteiger partial charge is 0.0170 e. The summed E-state index contributed by atoms with van der Waals surface area (Å²) in [7, 11) is 0. The summed E-state index contributed by atoms with van der Waals surface area (Å²) < 4.78 is 0. The first-order valence-electron chi connectivity index (χ1n) is 7.18. The highest BCUT2D eigenvalue weighted by molar-refractivity contribution is 5.21. The van der Waals surface area contributed by atoms with E-state index in [1.54, 1.807) is 5.57 Å². The van der Waals surface area contributed by atoms with E-state index in [1.807, 2.05) is 0 Å². The molecule has 0 bridgehead atoms. The number of rotatable bonds is 0. The van der Waals surface area contributed by atoms with Crippen LogP contribution in [0.1, 0.15) is 62.3 Å². The molecule has 0 aliphatic heterocycles. The zero-order valence-corrected chi connectivity index (χ0v) is 13.4. The molecule has 100 valence electrons. The van der Waals surface area contributed by atoms with Crippen molar-refractivity contribution >= 4 is 0 Å². The summed E-state index contributed by atoms with van der Waals surface area (Å²) >= 11 is 0. The van der Waals surface area contributed by atoms with Gasteiger partial charge >= 0.3 is 0 Å². The molecule has 4 unspecified atom stereocenters. The summed E-state index contributed by atoms with van der Waals surface area (Å²) in [6, 6.07) is 0. The second-order valence-corrected chi connectivity index (χ2v) is 8.27. The van der Waals surface area contributed by atoms with Crippen molar-refractivity contribution in [3.05, 3.63) is 11.6 Å². The minimum absolute atomic E-state index is 0.324. The largest absolute Gasteiger partial charge is 0.0814 e. The van der Waals surface area contributed by atoms with E-state index in [2.05, 4.69) is 68.4 Å². The molecule has 1 aliphatic carbocycles. The van der Waals surface area contributed by atoms with Crippen LogP contribution in [0, 0.1) is 34.5 Å². The third-order valence-corrected chi connectivity index (χ3v) is 4.72. The van der Waals surface area contributed by atoms with Gasteiger partial charge in [-0.3, -0.25) is 0 Å². The number of allylic oxidation sites excluding steroid dienone is 2. The molecular formula is C17H32. The van der Waals surface area contributed by atoms with Crippen molar-refractivity contribution in [3.63, 3.8) is 0 Å². The van der Waals surface area contributed by atoms with Gasteiger partial charge in [-0.15, -0.1) is 0 Å². The quantitative estimate of drug-likeness (QED) is 0.484. The molecule has 0 saturated carbocycles. The fraction of sp³-hybridized carbons (Fsp3) is 0.882. The first-order chi connectivity index (χ1) is 7.46. The average Bonchev–Trinajstić information content (AvgIpc) is 2.07. The third kappa shape index (κ3) is 2.95. The van der Waals surface area contributed by atoms with Crippen molar-refractivity contribution in [2.45, 2.75) is 62.3 Å². The second-order valence-electron chi connectivity index (χ2n) is 8.27. The number of hydrogen-bond donors (Lipinski definition) is 0. The molecule has 0 heteroatoms. The summed E-state index contributed by atoms with van der Waals surface area (Å²) in [5.41, 5.74) is 2.40. The van der Waals surface area contributed by atoms with Crippen molar-refractivity contribution in [1.29, 1.82) is 0 Å². The first-order valence-corrected chi connectivity index (χ1v) is 7.18. The minimum atomic E-state index is 0.324. The van der Waals surface area contributed by atoms with Crippen LogP contribution in [0.4, 0.5) is 0 Å². The van der Waals surface area contributed by atoms with Crippen molar-refractivity contribution < 1.29 is 0 Å². The van der Waals surface area contributed by atoms with Gasteiger partial charge in [0.05, 0.1) is 0 Å². The Morgan fingerprint density at radius 3 is 1.71 bits per heavy atom. The van der Waals surface area contributed by atoms with E-state index >= 15 is 0 Å². The first kappa shape index (κ1) is 14.8. The molecule has 1 aliphatic rings. The molecule has 0 aromatic rings. The molecule has 0 amide bonds. The maximum atomic E-state index is 2.57. The Bertz CT molecular complexity index is 295. The molecule has 4 atom stereocenters. The highest BCUT2D eigenvalue weighted by atomic mass is 14.5. The Balaban J connectivity index is 3.14. The van der Waals surface area contributed by atoms with E-state index in [-0.39, 0.29) is 0 Å². The third-order valence-electron chi connectivity index (χ3n) is 4.72. The van der Waals surface area contributed by atoms with Crippen molar-refractivity contribution in [3.8, 4) is 0 Å². The monoisotopic (exact) mass is 236 g/mol. The minimum Gasteiger partial charge on any atom is -0.0814 e. The molecule has 0 saturated heterocycles. The van der Waals surface area contributed by atoms with Crippen LogP contribution in [0.2, 0.25) is 0 Å². The van der Waals surface area contributed by atoms with E-state index in [1.165, 1.54) is 0 Å². The predicted molar refractivity (Wildman–Crippen MR) is 78.0 cm³/mol. The van der Waals surface area contributed by atoms with Gasteiger partial charge in [0.25, 0.3) is 0 Å². The standard InChI is InChI=1S/C17H32/c1-11-10-14(16(4,5)6)12(2)13(3)15(11)17(7,8)9/h10-13,15H,1-9H3. The average molecular weight is 236 g/mol. The SMILES string of the molecule is CC1C=C(C(C)(C)C)C(C)C(C)C1C(C)(C)C. The molecule has 0 spiro atoms. The highest BCUT2D eigenvalue weighted by Gasteiger charge is 2.41. The summed E-state index contributed by atoms with van der Waals surface area (Å²) in [6.45, 7) is 21.5. The van der Waals surface area contributed by atoms with Crippen LogP contribution in [-0.4, -0.2) is 0 Å². The van der Waals surface area contributed by atoms with Gasteiger partial charge in [0.15, 0.2) is 0 Å². The van der Waals surface area contributed by atoms with Gasteiger partial charge < -0.3 is 0 Å². The summed E-state index contributed by atoms with van der Waals surface area (Å²) in [5.74, 6) is 3.00. The Kier molecular flexibility index (Phi) is 3.87. The fourth-order valence-corrected chi connectivity index (χ4v) is 4.12. The Hall–Kier alpha value is -0.260. The highest BCUT2D eigenvalue weighted by Crippen LogP contribution is 2.50. The van der Waals surface area contributed by atoms with Crippen molar-refractivity contribution in [2.75, 3.05) is 0 Å². The molecule has 0 radical (unpaired) electrons. The maximum Gasteiger partial charge on any atom is -0.0170 e. The summed E-state index contributed by atoms with van der Waals surface area (Å²) in [6.07, 6.45) is 2.57. The van der Waals surface area contributed by atoms with E-state index in [4.69, 9.17) is 0 Å². The molecular weight excluding hydrogens is 204 g/mol. The topological polar surface area (TPSA) is 0 Å². The van der Waals surface area contributed by atoms with Gasteiger partial charge in [-0.2, -0.15) is 0 Å². The van der Waals surface area contributed by atoms with E-state index in [9.17, 15) is 0 Å². The van der Waals surface area contributed by atoms with Gasteiger partial charge in [0.2, 0.25) is 0 Å².